The fourth-order valence-electron chi connectivity index (χ4n) is 4.06. The molecule has 2 aromatic carbocycles. The molecular formula is C24H28N2O3. The normalized spacial score (nSPS) is 19.9. The van der Waals surface area contributed by atoms with E-state index in [4.69, 9.17) is 5.11 Å². The van der Waals surface area contributed by atoms with Crippen LogP contribution in [0.3, 0.4) is 0 Å². The van der Waals surface area contributed by atoms with Crippen LogP contribution in [0.1, 0.15) is 54.3 Å². The van der Waals surface area contributed by atoms with Gasteiger partial charge in [-0.3, -0.25) is 0 Å². The van der Waals surface area contributed by atoms with Gasteiger partial charge in [0, 0.05) is 18.3 Å². The Morgan fingerprint density at radius 1 is 1.17 bits per heavy atom. The van der Waals surface area contributed by atoms with Gasteiger partial charge in [0.2, 0.25) is 0 Å². The van der Waals surface area contributed by atoms with E-state index in [1.54, 1.807) is 12.1 Å². The van der Waals surface area contributed by atoms with Crippen molar-refractivity contribution >= 4 is 11.7 Å². The highest BCUT2D eigenvalue weighted by atomic mass is 16.4. The number of aryl methyl sites for hydroxylation is 1. The number of anilines is 1. The van der Waals surface area contributed by atoms with E-state index in [9.17, 15) is 15.2 Å². The van der Waals surface area contributed by atoms with Crippen LogP contribution in [-0.4, -0.2) is 28.8 Å². The predicted octanol–water partition coefficient (Wildman–Crippen LogP) is 4.43. The smallest absolute Gasteiger partial charge is 0.335 e. The van der Waals surface area contributed by atoms with Crippen LogP contribution >= 0.6 is 0 Å². The first kappa shape index (κ1) is 20.9. The van der Waals surface area contributed by atoms with Gasteiger partial charge in [0.1, 0.15) is 0 Å². The predicted molar refractivity (Wildman–Crippen MR) is 113 cm³/mol. The Hall–Kier alpha value is -2.84. The highest BCUT2D eigenvalue weighted by Gasteiger charge is 2.34. The van der Waals surface area contributed by atoms with Crippen molar-refractivity contribution in [3.8, 4) is 6.07 Å². The zero-order valence-corrected chi connectivity index (χ0v) is 17.0. The highest BCUT2D eigenvalue weighted by molar-refractivity contribution is 5.87. The van der Waals surface area contributed by atoms with E-state index in [2.05, 4.69) is 11.0 Å². The van der Waals surface area contributed by atoms with Gasteiger partial charge in [0.25, 0.3) is 0 Å². The van der Waals surface area contributed by atoms with Crippen molar-refractivity contribution in [3.63, 3.8) is 0 Å². The summed E-state index contributed by atoms with van der Waals surface area (Å²) in [5.74, 6) is -0.779. The second-order valence-corrected chi connectivity index (χ2v) is 8.11. The Labute approximate surface area is 172 Å². The molecule has 3 unspecified atom stereocenters. The number of rotatable bonds is 7. The second kappa shape index (κ2) is 9.11. The van der Waals surface area contributed by atoms with Crippen LogP contribution in [-0.2, 0) is 6.42 Å². The third-order valence-electron chi connectivity index (χ3n) is 5.84. The minimum atomic E-state index is -0.922. The average Bonchev–Trinajstić information content (AvgIpc) is 3.15. The molecule has 1 aliphatic rings. The maximum absolute atomic E-state index is 11.0. The van der Waals surface area contributed by atoms with Crippen molar-refractivity contribution in [2.75, 3.05) is 11.4 Å². The zero-order valence-electron chi connectivity index (χ0n) is 17.0. The Morgan fingerprint density at radius 3 is 2.38 bits per heavy atom. The molecule has 3 rings (SSSR count). The number of aliphatic hydroxyl groups excluding tert-OH is 1. The van der Waals surface area contributed by atoms with Crippen LogP contribution in [0.2, 0.25) is 0 Å². The van der Waals surface area contributed by atoms with E-state index >= 15 is 0 Å². The van der Waals surface area contributed by atoms with Crippen LogP contribution in [0.5, 0.6) is 0 Å². The molecule has 0 aliphatic carbocycles. The number of carbonyl (C=O) groups is 1. The minimum absolute atomic E-state index is 0.0192. The first-order valence-electron chi connectivity index (χ1n) is 10.2. The summed E-state index contributed by atoms with van der Waals surface area (Å²) in [7, 11) is 0. The van der Waals surface area contributed by atoms with Gasteiger partial charge in [-0.1, -0.05) is 38.1 Å². The minimum Gasteiger partial charge on any atom is -0.478 e. The van der Waals surface area contributed by atoms with E-state index in [0.29, 0.717) is 0 Å². The van der Waals surface area contributed by atoms with Gasteiger partial charge < -0.3 is 15.1 Å². The maximum Gasteiger partial charge on any atom is 0.335 e. The summed E-state index contributed by atoms with van der Waals surface area (Å²) in [5, 5.41) is 28.9. The van der Waals surface area contributed by atoms with Crippen LogP contribution in [0.15, 0.2) is 48.5 Å². The van der Waals surface area contributed by atoms with E-state index in [1.807, 2.05) is 50.2 Å². The number of nitrogens with zero attached hydrogens (tertiary/aromatic N) is 2. The molecule has 0 saturated carbocycles. The number of aromatic carboxylic acids is 1. The number of hydrogen-bond acceptors (Lipinski definition) is 4. The van der Waals surface area contributed by atoms with Gasteiger partial charge in [-0.05, 0) is 60.6 Å². The molecule has 0 aromatic heterocycles. The SMILES string of the molecule is CC(C)C(O)c1ccc(N2CCC(C#N)C2CCc2ccc(C(=O)O)cc2)cc1. The fraction of sp³-hybridized carbons (Fsp3) is 0.417. The van der Waals surface area contributed by atoms with E-state index in [-0.39, 0.29) is 23.4 Å². The molecule has 5 nitrogen and oxygen atoms in total. The fourth-order valence-corrected chi connectivity index (χ4v) is 4.06. The molecule has 5 heteroatoms. The molecule has 152 valence electrons. The van der Waals surface area contributed by atoms with Crippen LogP contribution in [0.4, 0.5) is 5.69 Å². The molecule has 2 N–H and O–H groups in total. The Morgan fingerprint density at radius 2 is 1.83 bits per heavy atom. The number of carboxylic acid groups (broad SMARTS) is 1. The molecule has 0 radical (unpaired) electrons. The Balaban J connectivity index is 1.71. The van der Waals surface area contributed by atoms with Gasteiger partial charge in [0.05, 0.1) is 23.7 Å². The topological polar surface area (TPSA) is 84.6 Å². The summed E-state index contributed by atoms with van der Waals surface area (Å²) in [5.41, 5.74) is 3.35. The van der Waals surface area contributed by atoms with Gasteiger partial charge in [0.15, 0.2) is 0 Å². The first-order valence-corrected chi connectivity index (χ1v) is 10.2. The molecule has 29 heavy (non-hydrogen) atoms. The number of carboxylic acids is 1. The summed E-state index contributed by atoms with van der Waals surface area (Å²) in [4.78, 5) is 13.3. The van der Waals surface area contributed by atoms with Crippen LogP contribution in [0, 0.1) is 23.2 Å². The van der Waals surface area contributed by atoms with Crippen molar-refractivity contribution in [3.05, 3.63) is 65.2 Å². The summed E-state index contributed by atoms with van der Waals surface area (Å²) in [6.07, 6.45) is 2.00. The summed E-state index contributed by atoms with van der Waals surface area (Å²) in [6, 6.07) is 17.6. The van der Waals surface area contributed by atoms with Crippen molar-refractivity contribution in [1.82, 2.24) is 0 Å². The number of nitriles is 1. The monoisotopic (exact) mass is 392 g/mol. The van der Waals surface area contributed by atoms with Crippen LogP contribution < -0.4 is 4.90 Å². The molecule has 3 atom stereocenters. The van der Waals surface area contributed by atoms with Crippen molar-refractivity contribution in [2.24, 2.45) is 11.8 Å². The second-order valence-electron chi connectivity index (χ2n) is 8.11. The molecule has 1 fully saturated rings. The zero-order chi connectivity index (χ0) is 21.0. The summed E-state index contributed by atoms with van der Waals surface area (Å²) >= 11 is 0. The van der Waals surface area contributed by atoms with Gasteiger partial charge in [-0.15, -0.1) is 0 Å². The quantitative estimate of drug-likeness (QED) is 0.728. The standard InChI is InChI=1S/C24H28N2O3/c1-16(2)23(27)18-8-10-21(11-9-18)26-14-13-20(15-25)22(26)12-5-17-3-6-19(7-4-17)24(28)29/h3-4,6-11,16,20,22-23,27H,5,12-14H2,1-2H3,(H,28,29). The van der Waals surface area contributed by atoms with Gasteiger partial charge in [-0.25, -0.2) is 4.79 Å². The summed E-state index contributed by atoms with van der Waals surface area (Å²) in [6.45, 7) is 4.83. The molecule has 0 bridgehead atoms. The number of aliphatic hydroxyl groups is 1. The third-order valence-corrected chi connectivity index (χ3v) is 5.84. The van der Waals surface area contributed by atoms with Crippen LogP contribution in [0.25, 0.3) is 0 Å². The molecular weight excluding hydrogens is 364 g/mol. The molecule has 1 saturated heterocycles. The molecule has 2 aromatic rings. The Kier molecular flexibility index (Phi) is 6.56. The maximum atomic E-state index is 11.0. The van der Waals surface area contributed by atoms with Gasteiger partial charge in [-0.2, -0.15) is 5.26 Å². The van der Waals surface area contributed by atoms with E-state index in [0.717, 1.165) is 42.6 Å². The largest absolute Gasteiger partial charge is 0.478 e. The number of hydrogen-bond donors (Lipinski definition) is 2. The third kappa shape index (κ3) is 4.78. The molecule has 1 aliphatic heterocycles. The summed E-state index contributed by atoms with van der Waals surface area (Å²) < 4.78 is 0. The molecule has 0 amide bonds. The molecule has 0 spiro atoms. The lowest BCUT2D eigenvalue weighted by Gasteiger charge is -2.29. The lowest BCUT2D eigenvalue weighted by molar-refractivity contribution is 0.0697. The Bertz CT molecular complexity index is 868. The lowest BCUT2D eigenvalue weighted by Crippen LogP contribution is -2.33. The van der Waals surface area contributed by atoms with E-state index in [1.165, 1.54) is 0 Å². The van der Waals surface area contributed by atoms with Crippen molar-refractivity contribution in [1.29, 1.82) is 5.26 Å². The highest BCUT2D eigenvalue weighted by Crippen LogP contribution is 2.33. The number of benzene rings is 2. The average molecular weight is 392 g/mol. The van der Waals surface area contributed by atoms with E-state index < -0.39 is 12.1 Å². The van der Waals surface area contributed by atoms with Gasteiger partial charge >= 0.3 is 5.97 Å². The molecule has 1 heterocycles. The van der Waals surface area contributed by atoms with Crippen molar-refractivity contribution in [2.45, 2.75) is 45.3 Å². The lowest BCUT2D eigenvalue weighted by atomic mass is 9.94. The van der Waals surface area contributed by atoms with Crippen molar-refractivity contribution < 1.29 is 15.0 Å². The first-order chi connectivity index (χ1) is 13.9.